The highest BCUT2D eigenvalue weighted by atomic mass is 32.2. The van der Waals surface area contributed by atoms with Gasteiger partial charge < -0.3 is 21.3 Å². The van der Waals surface area contributed by atoms with E-state index < -0.39 is 29.2 Å². The lowest BCUT2D eigenvalue weighted by atomic mass is 10.0. The molecule has 0 aliphatic carbocycles. The third kappa shape index (κ3) is 2.82. The summed E-state index contributed by atoms with van der Waals surface area (Å²) < 4.78 is 0. The summed E-state index contributed by atoms with van der Waals surface area (Å²) in [7, 11) is 0. The number of hydrogen-bond acceptors (Lipinski definition) is 10. The number of nitrogens with one attached hydrogen (secondary N) is 1. The number of aliphatic hydroxyl groups excluding tert-OH is 1. The smallest absolute Gasteiger partial charge is 0.352 e. The van der Waals surface area contributed by atoms with Crippen molar-refractivity contribution >= 4 is 45.8 Å². The van der Waals surface area contributed by atoms with E-state index in [-0.39, 0.29) is 22.2 Å². The Labute approximate surface area is 155 Å². The number of thiazole rings is 1. The number of anilines is 1. The van der Waals surface area contributed by atoms with Crippen LogP contribution >= 0.6 is 23.1 Å². The largest absolute Gasteiger partial charge is 0.493 e. The van der Waals surface area contributed by atoms with Crippen molar-refractivity contribution in [2.45, 2.75) is 11.4 Å². The zero-order valence-electron chi connectivity index (χ0n) is 13.1. The highest BCUT2D eigenvalue weighted by molar-refractivity contribution is 8.00. The van der Waals surface area contributed by atoms with E-state index in [0.29, 0.717) is 11.3 Å². The van der Waals surface area contributed by atoms with E-state index in [9.17, 15) is 24.7 Å². The van der Waals surface area contributed by atoms with Crippen LogP contribution in [0, 0.1) is 4.91 Å². The molecule has 2 atom stereocenters. The van der Waals surface area contributed by atoms with Crippen LogP contribution in [0.15, 0.2) is 40.4 Å². The number of nitrogen functional groups attached to an aromatic ring is 1. The number of nitroso groups, excluding NO2 is 1. The van der Waals surface area contributed by atoms with Crippen molar-refractivity contribution < 1.29 is 19.8 Å². The molecule has 1 fully saturated rings. The van der Waals surface area contributed by atoms with Gasteiger partial charge in [-0.2, -0.15) is 0 Å². The molecule has 5 N–H and O–H groups in total. The van der Waals surface area contributed by atoms with Crippen molar-refractivity contribution in [3.05, 3.63) is 45.8 Å². The maximum Gasteiger partial charge on any atom is 0.352 e. The summed E-state index contributed by atoms with van der Waals surface area (Å²) in [6.45, 7) is 3.56. The van der Waals surface area contributed by atoms with Gasteiger partial charge in [0.25, 0.3) is 5.91 Å². The second kappa shape index (κ2) is 6.80. The summed E-state index contributed by atoms with van der Waals surface area (Å²) >= 11 is 2.38. The maximum atomic E-state index is 12.4. The van der Waals surface area contributed by atoms with E-state index in [1.165, 1.54) is 23.2 Å². The molecular weight excluding hydrogens is 382 g/mol. The molecule has 2 unspecified atom stereocenters. The molecule has 0 spiro atoms. The van der Waals surface area contributed by atoms with E-state index in [0.717, 1.165) is 16.2 Å². The average molecular weight is 395 g/mol. The average Bonchev–Trinajstić information content (AvgIpc) is 3.04. The molecule has 1 amide bonds. The summed E-state index contributed by atoms with van der Waals surface area (Å²) in [5, 5.41) is 25.9. The van der Waals surface area contributed by atoms with Crippen LogP contribution in [0.3, 0.4) is 0 Å². The summed E-state index contributed by atoms with van der Waals surface area (Å²) in [6.07, 6.45) is 1.40. The van der Waals surface area contributed by atoms with Crippen LogP contribution in [-0.4, -0.2) is 49.1 Å². The summed E-state index contributed by atoms with van der Waals surface area (Å²) in [5.41, 5.74) is 5.50. The van der Waals surface area contributed by atoms with Gasteiger partial charge in [0.15, 0.2) is 10.8 Å². The third-order valence-corrected chi connectivity index (χ3v) is 5.80. The molecule has 136 valence electrons. The Morgan fingerprint density at radius 3 is 2.81 bits per heavy atom. The molecule has 12 heteroatoms. The molecule has 10 nitrogen and oxygen atoms in total. The number of rotatable bonds is 6. The lowest BCUT2D eigenvalue weighted by Gasteiger charge is -2.49. The van der Waals surface area contributed by atoms with E-state index in [4.69, 9.17) is 5.73 Å². The number of carboxylic acids is 1. The van der Waals surface area contributed by atoms with Crippen LogP contribution in [0.4, 0.5) is 5.13 Å². The minimum Gasteiger partial charge on any atom is -0.493 e. The van der Waals surface area contributed by atoms with Crippen LogP contribution in [0.25, 0.3) is 5.70 Å². The van der Waals surface area contributed by atoms with Crippen molar-refractivity contribution in [1.29, 1.82) is 0 Å². The van der Waals surface area contributed by atoms with Crippen molar-refractivity contribution in [2.24, 2.45) is 5.18 Å². The number of β-lactam (4-membered cyclic amide) rings is 1. The van der Waals surface area contributed by atoms with Gasteiger partial charge in [-0.05, 0) is 10.7 Å². The zero-order valence-corrected chi connectivity index (χ0v) is 14.7. The second-order valence-corrected chi connectivity index (χ2v) is 7.27. The first kappa shape index (κ1) is 17.9. The van der Waals surface area contributed by atoms with Crippen LogP contribution < -0.4 is 11.1 Å². The highest BCUT2D eigenvalue weighted by Crippen LogP contribution is 2.41. The van der Waals surface area contributed by atoms with Crippen molar-refractivity contribution in [2.75, 3.05) is 11.5 Å². The lowest BCUT2D eigenvalue weighted by molar-refractivity contribution is -0.149. The molecule has 3 rings (SSSR count). The number of carboxylic acid groups (broad SMARTS) is 1. The molecule has 1 aromatic rings. The molecule has 2 aliphatic rings. The first-order valence-corrected chi connectivity index (χ1v) is 9.10. The second-order valence-electron chi connectivity index (χ2n) is 5.27. The van der Waals surface area contributed by atoms with E-state index >= 15 is 0 Å². The van der Waals surface area contributed by atoms with Crippen LogP contribution in [0.1, 0.15) is 5.69 Å². The number of aliphatic carboxylic acids is 1. The topological polar surface area (TPSA) is 158 Å². The molecule has 0 saturated carbocycles. The minimum absolute atomic E-state index is 0.0764. The van der Waals surface area contributed by atoms with Gasteiger partial charge in [-0.25, -0.2) is 9.78 Å². The Morgan fingerprint density at radius 2 is 2.27 bits per heavy atom. The number of nitrogens with two attached hydrogens (primary N) is 1. The first-order valence-electron chi connectivity index (χ1n) is 7.17. The Hall–Kier alpha value is -2.86. The molecule has 1 saturated heterocycles. The standard InChI is InChI=1S/C14H13N5O5S2/c1-2-5-3-25-12-8(11(21)19(12)9(5)13(22)23)17-10(20)7(18-24)6-4-26-14(15)16-6/h2,4,8,12,17,20H,1,3H2,(H2,15,16)(H,22,23). The van der Waals surface area contributed by atoms with Gasteiger partial charge in [0, 0.05) is 11.1 Å². The zero-order chi connectivity index (χ0) is 19.0. The Morgan fingerprint density at radius 1 is 1.54 bits per heavy atom. The number of aromatic nitrogens is 1. The predicted octanol–water partition coefficient (Wildman–Crippen LogP) is 1.07. The Balaban J connectivity index is 1.85. The number of thioether (sulfide) groups is 1. The van der Waals surface area contributed by atoms with E-state index in [1.807, 2.05) is 0 Å². The number of hydrogen-bond donors (Lipinski definition) is 4. The number of carbonyl (C=O) groups excluding carboxylic acids is 1. The number of allylic oxidation sites excluding steroid dienone is 1. The summed E-state index contributed by atoms with van der Waals surface area (Å²) in [6, 6.07) is -0.909. The fourth-order valence-corrected chi connectivity index (χ4v) is 4.51. The SMILES string of the molecule is C=CC1=C(C(=O)O)N2C(=O)C(NC(O)=C(N=O)c3csc(N)n3)C2SC1. The number of carbonyl (C=O) groups is 2. The fraction of sp³-hybridized carbons (Fsp3) is 0.214. The molecule has 3 heterocycles. The van der Waals surface area contributed by atoms with Gasteiger partial charge in [0.05, 0.1) is 0 Å². The molecule has 2 aliphatic heterocycles. The first-order chi connectivity index (χ1) is 12.4. The van der Waals surface area contributed by atoms with Gasteiger partial charge in [-0.1, -0.05) is 12.7 Å². The Kier molecular flexibility index (Phi) is 4.70. The molecule has 1 aromatic heterocycles. The number of amides is 1. The third-order valence-electron chi connectivity index (χ3n) is 3.82. The van der Waals surface area contributed by atoms with Crippen molar-refractivity contribution in [3.8, 4) is 0 Å². The lowest BCUT2D eigenvalue weighted by Crippen LogP contribution is -2.69. The van der Waals surface area contributed by atoms with Crippen molar-refractivity contribution in [3.63, 3.8) is 0 Å². The normalized spacial score (nSPS) is 22.9. The molecule has 26 heavy (non-hydrogen) atoms. The van der Waals surface area contributed by atoms with Crippen LogP contribution in [-0.2, 0) is 9.59 Å². The Bertz CT molecular complexity index is 877. The van der Waals surface area contributed by atoms with E-state index in [2.05, 4.69) is 22.1 Å². The quantitative estimate of drug-likeness (QED) is 0.314. The number of aliphatic hydroxyl groups is 1. The molecule has 0 radical (unpaired) electrons. The monoisotopic (exact) mass is 395 g/mol. The minimum atomic E-state index is -1.23. The maximum absolute atomic E-state index is 12.4. The number of fused-ring (bicyclic) bond motifs is 1. The van der Waals surface area contributed by atoms with Gasteiger partial charge in [0.2, 0.25) is 5.88 Å². The molecule has 0 bridgehead atoms. The fourth-order valence-electron chi connectivity index (χ4n) is 2.62. The van der Waals surface area contributed by atoms with Crippen molar-refractivity contribution in [1.82, 2.24) is 15.2 Å². The number of nitrogens with zero attached hydrogens (tertiary/aromatic N) is 3. The molecular formula is C14H13N5O5S2. The van der Waals surface area contributed by atoms with Gasteiger partial charge in [-0.3, -0.25) is 9.69 Å². The van der Waals surface area contributed by atoms with E-state index in [1.54, 1.807) is 0 Å². The van der Waals surface area contributed by atoms with Gasteiger partial charge in [0.1, 0.15) is 22.8 Å². The van der Waals surface area contributed by atoms with Gasteiger partial charge in [-0.15, -0.1) is 28.0 Å². The van der Waals surface area contributed by atoms with Gasteiger partial charge >= 0.3 is 5.97 Å². The summed E-state index contributed by atoms with van der Waals surface area (Å²) in [4.78, 5) is 39.9. The molecule has 0 aromatic carbocycles. The predicted molar refractivity (Wildman–Crippen MR) is 96.7 cm³/mol. The highest BCUT2D eigenvalue weighted by Gasteiger charge is 2.53. The van der Waals surface area contributed by atoms with Crippen LogP contribution in [0.5, 0.6) is 0 Å². The summed E-state index contributed by atoms with van der Waals surface area (Å²) in [5.74, 6) is -2.05. The van der Waals surface area contributed by atoms with Crippen LogP contribution in [0.2, 0.25) is 0 Å².